The van der Waals surface area contributed by atoms with E-state index in [2.05, 4.69) is 36.4 Å². The van der Waals surface area contributed by atoms with Crippen LogP contribution in [-0.4, -0.2) is 77.6 Å². The van der Waals surface area contributed by atoms with Gasteiger partial charge in [-0.15, -0.1) is 0 Å². The maximum absolute atomic E-state index is 12.7. The van der Waals surface area contributed by atoms with Crippen LogP contribution < -0.4 is 10.1 Å². The molecule has 1 N–H and O–H groups in total. The molecule has 0 bridgehead atoms. The van der Waals surface area contributed by atoms with Crippen molar-refractivity contribution in [3.05, 3.63) is 84.7 Å². The molecular formula is C30H31N9O2. The number of rotatable bonds is 8. The molecule has 0 atom stereocenters. The second-order valence-electron chi connectivity index (χ2n) is 10.7. The van der Waals surface area contributed by atoms with E-state index in [1.165, 1.54) is 19.2 Å². The summed E-state index contributed by atoms with van der Waals surface area (Å²) in [5.74, 6) is 2.49. The molecule has 0 unspecified atom stereocenters. The number of amides is 1. The predicted octanol–water partition coefficient (Wildman–Crippen LogP) is 4.19. The molecule has 2 saturated heterocycles. The molecule has 11 heteroatoms. The molecule has 208 valence electrons. The van der Waals surface area contributed by atoms with Crippen LogP contribution in [0.15, 0.2) is 73.6 Å². The first-order valence-corrected chi connectivity index (χ1v) is 14.0. The van der Waals surface area contributed by atoms with Crippen molar-refractivity contribution in [1.29, 1.82) is 0 Å². The lowest BCUT2D eigenvalue weighted by molar-refractivity contribution is -0.130. The predicted molar refractivity (Wildman–Crippen MR) is 155 cm³/mol. The monoisotopic (exact) mass is 549 g/mol. The lowest BCUT2D eigenvalue weighted by atomic mass is 9.92. The van der Waals surface area contributed by atoms with Crippen molar-refractivity contribution in [1.82, 2.24) is 39.0 Å². The summed E-state index contributed by atoms with van der Waals surface area (Å²) in [5.41, 5.74) is 4.65. The zero-order valence-electron chi connectivity index (χ0n) is 22.8. The smallest absolute Gasteiger partial charge is 0.246 e. The van der Waals surface area contributed by atoms with Gasteiger partial charge >= 0.3 is 0 Å². The van der Waals surface area contributed by atoms with Crippen LogP contribution >= 0.6 is 0 Å². The van der Waals surface area contributed by atoms with E-state index in [4.69, 9.17) is 4.74 Å². The summed E-state index contributed by atoms with van der Waals surface area (Å²) in [7, 11) is 0. The molecule has 0 radical (unpaired) electrons. The highest BCUT2D eigenvalue weighted by molar-refractivity contribution is 5.88. The maximum atomic E-state index is 12.7. The fourth-order valence-corrected chi connectivity index (χ4v) is 5.59. The number of benzene rings is 1. The van der Waals surface area contributed by atoms with Gasteiger partial charge in [0.1, 0.15) is 29.7 Å². The molecule has 0 aliphatic carbocycles. The summed E-state index contributed by atoms with van der Waals surface area (Å²) in [4.78, 5) is 25.7. The molecule has 0 saturated carbocycles. The Morgan fingerprint density at radius 2 is 1.83 bits per heavy atom. The Labute approximate surface area is 237 Å². The molecule has 1 aromatic carbocycles. The van der Waals surface area contributed by atoms with Crippen LogP contribution in [0.2, 0.25) is 0 Å². The van der Waals surface area contributed by atoms with Gasteiger partial charge in [-0.3, -0.25) is 9.69 Å². The first kappa shape index (κ1) is 25.2. The average molecular weight is 550 g/mol. The van der Waals surface area contributed by atoms with Crippen molar-refractivity contribution in [2.45, 2.75) is 25.7 Å². The van der Waals surface area contributed by atoms with Crippen molar-refractivity contribution in [2.75, 3.05) is 38.0 Å². The van der Waals surface area contributed by atoms with E-state index in [9.17, 15) is 4.79 Å². The van der Waals surface area contributed by atoms with E-state index >= 15 is 0 Å². The summed E-state index contributed by atoms with van der Waals surface area (Å²) in [6.07, 6.45) is 13.1. The number of carbonyl (C=O) groups is 1. The number of hydrogen-bond acceptors (Lipinski definition) is 8. The van der Waals surface area contributed by atoms with E-state index in [1.54, 1.807) is 16.9 Å². The number of carbonyl (C=O) groups excluding carboxylic acids is 1. The van der Waals surface area contributed by atoms with Gasteiger partial charge < -0.3 is 15.0 Å². The minimum Gasteiger partial charge on any atom is -0.457 e. The molecule has 6 heterocycles. The zero-order chi connectivity index (χ0) is 27.8. The molecule has 7 rings (SSSR count). The normalized spacial score (nSPS) is 16.2. The fraction of sp³-hybridized carbons (Fsp3) is 0.300. The van der Waals surface area contributed by atoms with E-state index in [0.717, 1.165) is 59.2 Å². The number of anilines is 2. The number of ether oxygens (including phenoxy) is 1. The van der Waals surface area contributed by atoms with Gasteiger partial charge in [-0.1, -0.05) is 6.08 Å². The highest BCUT2D eigenvalue weighted by atomic mass is 16.5. The number of pyridine rings is 1. The highest BCUT2D eigenvalue weighted by Gasteiger charge is 2.33. The van der Waals surface area contributed by atoms with Gasteiger partial charge in [0.2, 0.25) is 5.91 Å². The fourth-order valence-electron chi connectivity index (χ4n) is 5.59. The van der Waals surface area contributed by atoms with Crippen molar-refractivity contribution in [3.8, 4) is 11.5 Å². The Hall–Kier alpha value is -4.77. The maximum Gasteiger partial charge on any atom is 0.246 e. The molecule has 4 aromatic heterocycles. The van der Waals surface area contributed by atoms with Crippen LogP contribution in [-0.2, 0) is 4.79 Å². The first-order valence-electron chi connectivity index (χ1n) is 14.0. The first-order chi connectivity index (χ1) is 20.1. The van der Waals surface area contributed by atoms with Gasteiger partial charge in [0.05, 0.1) is 0 Å². The van der Waals surface area contributed by atoms with Crippen molar-refractivity contribution >= 4 is 28.6 Å². The zero-order valence-corrected chi connectivity index (χ0v) is 22.8. The number of fused-ring (bicyclic) bond motifs is 2. The second-order valence-corrected chi connectivity index (χ2v) is 10.7. The van der Waals surface area contributed by atoms with E-state index in [-0.39, 0.29) is 11.8 Å². The molecule has 2 fully saturated rings. The summed E-state index contributed by atoms with van der Waals surface area (Å²) < 4.78 is 9.66. The third kappa shape index (κ3) is 5.11. The SMILES string of the molecule is Cc1cc(Nc2ncnn3ccc(C4CN(C(=O)/C=C/CN5CCCC5)C4)c23)ccc1Oc1ccn2ncnc2c1. The Bertz CT molecular complexity index is 1750. The van der Waals surface area contributed by atoms with Crippen molar-refractivity contribution in [2.24, 2.45) is 0 Å². The lowest BCUT2D eigenvalue weighted by Gasteiger charge is -2.38. The Morgan fingerprint density at radius 3 is 2.68 bits per heavy atom. The number of nitrogens with zero attached hydrogens (tertiary/aromatic N) is 8. The molecule has 2 aliphatic heterocycles. The topological polar surface area (TPSA) is 105 Å². The third-order valence-corrected chi connectivity index (χ3v) is 7.86. The summed E-state index contributed by atoms with van der Waals surface area (Å²) in [5, 5.41) is 12.0. The van der Waals surface area contributed by atoms with Gasteiger partial charge in [0.15, 0.2) is 11.5 Å². The lowest BCUT2D eigenvalue weighted by Crippen LogP contribution is -2.47. The van der Waals surface area contributed by atoms with Crippen LogP contribution in [0.25, 0.3) is 11.2 Å². The van der Waals surface area contributed by atoms with Crippen LogP contribution in [0, 0.1) is 6.92 Å². The van der Waals surface area contributed by atoms with Crippen molar-refractivity contribution < 1.29 is 9.53 Å². The van der Waals surface area contributed by atoms with E-state index < -0.39 is 0 Å². The molecule has 2 aliphatic rings. The number of likely N-dealkylation sites (tertiary alicyclic amines) is 2. The molecule has 1 amide bonds. The number of nitrogens with one attached hydrogen (secondary N) is 1. The highest BCUT2D eigenvalue weighted by Crippen LogP contribution is 2.35. The van der Waals surface area contributed by atoms with Crippen LogP contribution in [0.3, 0.4) is 0 Å². The van der Waals surface area contributed by atoms with Gasteiger partial charge in [0, 0.05) is 55.8 Å². The number of aromatic nitrogens is 6. The van der Waals surface area contributed by atoms with Gasteiger partial charge in [-0.05, 0) is 74.3 Å². The Morgan fingerprint density at radius 1 is 1.02 bits per heavy atom. The minimum absolute atomic E-state index is 0.0812. The van der Waals surface area contributed by atoms with Crippen LogP contribution in [0.5, 0.6) is 11.5 Å². The van der Waals surface area contributed by atoms with E-state index in [0.29, 0.717) is 18.8 Å². The summed E-state index contributed by atoms with van der Waals surface area (Å²) >= 11 is 0. The third-order valence-electron chi connectivity index (χ3n) is 7.86. The minimum atomic E-state index is 0.0812. The van der Waals surface area contributed by atoms with Gasteiger partial charge in [-0.25, -0.2) is 19.0 Å². The summed E-state index contributed by atoms with van der Waals surface area (Å²) in [6, 6.07) is 11.7. The van der Waals surface area contributed by atoms with Crippen LogP contribution in [0.1, 0.15) is 29.9 Å². The quantitative estimate of drug-likeness (QED) is 0.287. The largest absolute Gasteiger partial charge is 0.457 e. The molecule has 11 nitrogen and oxygen atoms in total. The van der Waals surface area contributed by atoms with Crippen molar-refractivity contribution in [3.63, 3.8) is 0 Å². The Balaban J connectivity index is 1.03. The molecular weight excluding hydrogens is 518 g/mol. The Kier molecular flexibility index (Phi) is 6.56. The number of aryl methyl sites for hydroxylation is 1. The average Bonchev–Trinajstić information content (AvgIpc) is 3.71. The molecule has 0 spiro atoms. The number of hydrogen-bond donors (Lipinski definition) is 1. The summed E-state index contributed by atoms with van der Waals surface area (Å²) in [6.45, 7) is 6.49. The van der Waals surface area contributed by atoms with Gasteiger partial charge in [-0.2, -0.15) is 10.2 Å². The van der Waals surface area contributed by atoms with Gasteiger partial charge in [0.25, 0.3) is 0 Å². The van der Waals surface area contributed by atoms with Crippen LogP contribution in [0.4, 0.5) is 11.5 Å². The second kappa shape index (κ2) is 10.7. The molecule has 41 heavy (non-hydrogen) atoms. The molecule has 5 aromatic rings. The van der Waals surface area contributed by atoms with E-state index in [1.807, 2.05) is 65.1 Å². The standard InChI is InChI=1S/C30H31N9O2/c1-21-15-23(6-7-26(21)41-24-8-13-38-27(16-24)31-19-33-38)35-30-29-25(9-14-39(29)34-20-32-30)22-17-37(18-22)28(40)5-4-12-36-10-2-3-11-36/h4-9,13-16,19-20,22H,2-3,10-12,17-18H2,1H3,(H,32,34,35)/b5-4+.